The summed E-state index contributed by atoms with van der Waals surface area (Å²) < 4.78 is 0. The van der Waals surface area contributed by atoms with Crippen LogP contribution in [-0.2, 0) is 4.94 Å². The molecule has 0 saturated heterocycles. The fraction of sp³-hybridized carbons (Fsp3) is 0.429. The molecule has 3 nitrogen and oxygen atoms in total. The summed E-state index contributed by atoms with van der Waals surface area (Å²) in [5, 5.41) is 1.78. The zero-order valence-electron chi connectivity index (χ0n) is 6.29. The van der Waals surface area contributed by atoms with Crippen LogP contribution in [-0.4, -0.2) is 11.6 Å². The topological polar surface area (TPSA) is 24.5 Å². The summed E-state index contributed by atoms with van der Waals surface area (Å²) in [5.74, 6) is 0. The molecule has 0 aliphatic carbocycles. The van der Waals surface area contributed by atoms with Gasteiger partial charge in [0.15, 0.2) is 0 Å². The van der Waals surface area contributed by atoms with Gasteiger partial charge in [-0.3, -0.25) is 0 Å². The molecule has 0 radical (unpaired) electrons. The van der Waals surface area contributed by atoms with Crippen LogP contribution in [0.5, 0.6) is 0 Å². The molecular weight excluding hydrogens is 128 g/mol. The monoisotopic (exact) mass is 140 g/mol. The van der Waals surface area contributed by atoms with Crippen molar-refractivity contribution in [3.05, 3.63) is 24.0 Å². The van der Waals surface area contributed by atoms with Gasteiger partial charge >= 0.3 is 0 Å². The predicted molar refractivity (Wildman–Crippen MR) is 39.5 cm³/mol. The van der Waals surface area contributed by atoms with E-state index in [-0.39, 0.29) is 0 Å². The standard InChI is InChI=1S/C7H12N2O/c1-3-5-7-6-8-10-9(7)4-2/h3,5-6,8H,4H2,1-2H3/b5-3+. The van der Waals surface area contributed by atoms with E-state index in [1.165, 1.54) is 0 Å². The summed E-state index contributed by atoms with van der Waals surface area (Å²) in [7, 11) is 0. The molecule has 1 N–H and O–H groups in total. The van der Waals surface area contributed by atoms with Crippen LogP contribution in [0.4, 0.5) is 0 Å². The summed E-state index contributed by atoms with van der Waals surface area (Å²) >= 11 is 0. The van der Waals surface area contributed by atoms with Gasteiger partial charge in [-0.1, -0.05) is 6.08 Å². The van der Waals surface area contributed by atoms with Crippen LogP contribution in [0.1, 0.15) is 13.8 Å². The number of nitrogens with one attached hydrogen (secondary N) is 1. The lowest BCUT2D eigenvalue weighted by molar-refractivity contribution is -0.144. The molecule has 0 atom stereocenters. The summed E-state index contributed by atoms with van der Waals surface area (Å²) in [4.78, 5) is 5.01. The van der Waals surface area contributed by atoms with Gasteiger partial charge in [0, 0.05) is 6.54 Å². The van der Waals surface area contributed by atoms with E-state index in [4.69, 9.17) is 4.94 Å². The Morgan fingerprint density at radius 2 is 2.60 bits per heavy atom. The normalized spacial score (nSPS) is 17.8. The number of rotatable bonds is 2. The van der Waals surface area contributed by atoms with Crippen LogP contribution in [0.25, 0.3) is 0 Å². The molecule has 10 heavy (non-hydrogen) atoms. The van der Waals surface area contributed by atoms with E-state index in [9.17, 15) is 0 Å². The van der Waals surface area contributed by atoms with Gasteiger partial charge in [-0.15, -0.1) is 0 Å². The maximum absolute atomic E-state index is 5.01. The smallest absolute Gasteiger partial charge is 0.0839 e. The summed E-state index contributed by atoms with van der Waals surface area (Å²) in [5.41, 5.74) is 3.73. The van der Waals surface area contributed by atoms with Crippen molar-refractivity contribution in [2.45, 2.75) is 13.8 Å². The van der Waals surface area contributed by atoms with Gasteiger partial charge in [-0.2, -0.15) is 4.94 Å². The third kappa shape index (κ3) is 1.30. The number of hydrogen-bond acceptors (Lipinski definition) is 3. The fourth-order valence-electron chi connectivity index (χ4n) is 0.824. The van der Waals surface area contributed by atoms with Crippen molar-refractivity contribution in [3.63, 3.8) is 0 Å². The molecule has 0 aromatic rings. The third-order valence-electron chi connectivity index (χ3n) is 1.28. The molecule has 0 amide bonds. The Balaban J connectivity index is 2.56. The summed E-state index contributed by atoms with van der Waals surface area (Å²) in [6.45, 7) is 4.86. The maximum atomic E-state index is 5.01. The van der Waals surface area contributed by atoms with Crippen LogP contribution in [0.15, 0.2) is 24.0 Å². The van der Waals surface area contributed by atoms with Crippen molar-refractivity contribution < 1.29 is 4.94 Å². The zero-order valence-corrected chi connectivity index (χ0v) is 6.29. The highest BCUT2D eigenvalue weighted by atomic mass is 16.8. The second-order valence-electron chi connectivity index (χ2n) is 1.97. The van der Waals surface area contributed by atoms with Crippen molar-refractivity contribution in [2.75, 3.05) is 6.54 Å². The van der Waals surface area contributed by atoms with Crippen molar-refractivity contribution >= 4 is 0 Å². The van der Waals surface area contributed by atoms with Gasteiger partial charge in [0.05, 0.1) is 11.9 Å². The highest BCUT2D eigenvalue weighted by molar-refractivity contribution is 5.15. The van der Waals surface area contributed by atoms with E-state index in [1.54, 1.807) is 5.06 Å². The minimum atomic E-state index is 0.850. The van der Waals surface area contributed by atoms with E-state index in [1.807, 2.05) is 32.2 Å². The Morgan fingerprint density at radius 1 is 1.80 bits per heavy atom. The molecule has 0 unspecified atom stereocenters. The molecule has 1 aliphatic rings. The van der Waals surface area contributed by atoms with Gasteiger partial charge in [0.1, 0.15) is 0 Å². The first-order chi connectivity index (χ1) is 4.88. The number of nitrogens with zero attached hydrogens (tertiary/aromatic N) is 1. The Kier molecular flexibility index (Phi) is 2.34. The molecule has 0 saturated carbocycles. The molecule has 1 rings (SSSR count). The largest absolute Gasteiger partial charge is 0.247 e. The third-order valence-corrected chi connectivity index (χ3v) is 1.28. The molecule has 56 valence electrons. The van der Waals surface area contributed by atoms with E-state index < -0.39 is 0 Å². The van der Waals surface area contributed by atoms with Crippen LogP contribution in [0, 0.1) is 0 Å². The molecule has 0 spiro atoms. The Labute approximate surface area is 60.9 Å². The average Bonchev–Trinajstić information content (AvgIpc) is 2.36. The highest BCUT2D eigenvalue weighted by Gasteiger charge is 2.09. The predicted octanol–water partition coefficient (Wildman–Crippen LogP) is 1.18. The Morgan fingerprint density at radius 3 is 3.20 bits per heavy atom. The first-order valence-electron chi connectivity index (χ1n) is 3.41. The minimum Gasteiger partial charge on any atom is -0.247 e. The second kappa shape index (κ2) is 3.27. The first kappa shape index (κ1) is 7.15. The molecule has 0 aromatic carbocycles. The molecule has 0 bridgehead atoms. The summed E-state index contributed by atoms with van der Waals surface area (Å²) in [6, 6.07) is 0. The van der Waals surface area contributed by atoms with E-state index >= 15 is 0 Å². The molecular formula is C7H12N2O. The number of hydroxylamine groups is 3. The zero-order chi connectivity index (χ0) is 7.40. The quantitative estimate of drug-likeness (QED) is 0.623. The van der Waals surface area contributed by atoms with E-state index in [0.717, 1.165) is 12.2 Å². The van der Waals surface area contributed by atoms with Gasteiger partial charge in [0.25, 0.3) is 0 Å². The lowest BCUT2D eigenvalue weighted by Gasteiger charge is -2.13. The Bertz CT molecular complexity index is 163. The van der Waals surface area contributed by atoms with Crippen LogP contribution in [0.3, 0.4) is 0 Å². The molecule has 1 aliphatic heterocycles. The average molecular weight is 140 g/mol. The van der Waals surface area contributed by atoms with Crippen LogP contribution >= 0.6 is 0 Å². The van der Waals surface area contributed by atoms with Crippen LogP contribution < -0.4 is 5.48 Å². The van der Waals surface area contributed by atoms with E-state index in [0.29, 0.717) is 0 Å². The molecule has 3 heteroatoms. The fourth-order valence-corrected chi connectivity index (χ4v) is 0.824. The molecule has 1 heterocycles. The SMILES string of the molecule is C/C=C/C1=CNON1CC. The number of hydrogen-bond donors (Lipinski definition) is 1. The highest BCUT2D eigenvalue weighted by Crippen LogP contribution is 2.09. The summed E-state index contributed by atoms with van der Waals surface area (Å²) in [6.07, 6.45) is 5.79. The number of likely N-dealkylation sites (N-methyl/N-ethyl adjacent to an activating group) is 1. The molecule has 0 fully saturated rings. The van der Waals surface area contributed by atoms with Crippen molar-refractivity contribution in [2.24, 2.45) is 0 Å². The van der Waals surface area contributed by atoms with Gasteiger partial charge < -0.3 is 0 Å². The van der Waals surface area contributed by atoms with Crippen molar-refractivity contribution in [1.82, 2.24) is 10.5 Å². The Hall–Kier alpha value is -0.960. The lowest BCUT2D eigenvalue weighted by atomic mass is 10.4. The van der Waals surface area contributed by atoms with E-state index in [2.05, 4.69) is 5.48 Å². The van der Waals surface area contributed by atoms with Crippen molar-refractivity contribution in [3.8, 4) is 0 Å². The van der Waals surface area contributed by atoms with Gasteiger partial charge in [-0.25, -0.2) is 10.5 Å². The number of allylic oxidation sites excluding steroid dienone is 2. The lowest BCUT2D eigenvalue weighted by Crippen LogP contribution is -2.19. The van der Waals surface area contributed by atoms with Crippen molar-refractivity contribution in [1.29, 1.82) is 0 Å². The maximum Gasteiger partial charge on any atom is 0.0839 e. The van der Waals surface area contributed by atoms with Gasteiger partial charge in [0.2, 0.25) is 0 Å². The van der Waals surface area contributed by atoms with Crippen LogP contribution in [0.2, 0.25) is 0 Å². The second-order valence-corrected chi connectivity index (χ2v) is 1.97. The first-order valence-corrected chi connectivity index (χ1v) is 3.41. The molecule has 0 aromatic heterocycles. The minimum absolute atomic E-state index is 0.850. The van der Waals surface area contributed by atoms with Gasteiger partial charge in [-0.05, 0) is 19.9 Å².